The van der Waals surface area contributed by atoms with Crippen LogP contribution in [0.3, 0.4) is 0 Å². The Kier molecular flexibility index (Phi) is 4.85. The maximum atomic E-state index is 13.7. The summed E-state index contributed by atoms with van der Waals surface area (Å²) < 4.78 is 27.8. The average molecular weight is 454 g/mol. The number of carbonyl (C=O) groups is 1. The molecular formula is C26H28FNO5. The van der Waals surface area contributed by atoms with Crippen molar-refractivity contribution in [2.24, 2.45) is 0 Å². The van der Waals surface area contributed by atoms with Gasteiger partial charge in [0.15, 0.2) is 5.60 Å². The molecule has 0 atom stereocenters. The number of aliphatic carboxylic acids is 1. The van der Waals surface area contributed by atoms with Crippen LogP contribution in [0.25, 0.3) is 16.6 Å². The highest BCUT2D eigenvalue weighted by atomic mass is 19.1. The summed E-state index contributed by atoms with van der Waals surface area (Å²) >= 11 is 0. The molecule has 0 unspecified atom stereocenters. The average Bonchev–Trinajstić information content (AvgIpc) is 3.17. The largest absolute Gasteiger partial charge is 0.507 e. The quantitative estimate of drug-likeness (QED) is 0.582. The monoisotopic (exact) mass is 453 g/mol. The second kappa shape index (κ2) is 7.30. The number of methoxy groups -OCH3 is 1. The summed E-state index contributed by atoms with van der Waals surface area (Å²) in [5.41, 5.74) is 1.12. The van der Waals surface area contributed by atoms with Crippen LogP contribution in [0, 0.1) is 5.82 Å². The van der Waals surface area contributed by atoms with Crippen LogP contribution in [-0.2, 0) is 25.3 Å². The van der Waals surface area contributed by atoms with Crippen molar-refractivity contribution in [3.05, 3.63) is 59.5 Å². The Morgan fingerprint density at radius 2 is 1.76 bits per heavy atom. The van der Waals surface area contributed by atoms with Gasteiger partial charge in [0.1, 0.15) is 11.6 Å². The zero-order valence-corrected chi connectivity index (χ0v) is 19.0. The number of nitrogens with zero attached hydrogens (tertiary/aromatic N) is 1. The predicted octanol–water partition coefficient (Wildman–Crippen LogP) is 5.02. The van der Waals surface area contributed by atoms with Crippen molar-refractivity contribution in [3.63, 3.8) is 0 Å². The van der Waals surface area contributed by atoms with E-state index in [2.05, 4.69) is 18.4 Å². The van der Waals surface area contributed by atoms with Gasteiger partial charge in [0.2, 0.25) is 0 Å². The maximum absolute atomic E-state index is 13.7. The normalized spacial score (nSPS) is 26.4. The fourth-order valence-electron chi connectivity index (χ4n) is 5.68. The number of aromatic hydroxyl groups is 1. The highest BCUT2D eigenvalue weighted by molar-refractivity contribution is 5.94. The van der Waals surface area contributed by atoms with Crippen molar-refractivity contribution in [2.45, 2.75) is 56.1 Å². The first-order chi connectivity index (χ1) is 15.6. The van der Waals surface area contributed by atoms with Crippen LogP contribution in [0.5, 0.6) is 5.75 Å². The molecule has 1 aliphatic heterocycles. The Bertz CT molecular complexity index is 1240. The van der Waals surface area contributed by atoms with Gasteiger partial charge < -0.3 is 24.3 Å². The predicted molar refractivity (Wildman–Crippen MR) is 121 cm³/mol. The SMILES string of the molecule is COC1(C(=O)O)CCC2(CC1)OCC(C)(C)c1c2c2c(O)cccc2n1-c1ccc(F)cc1. The summed E-state index contributed by atoms with van der Waals surface area (Å²) in [5.74, 6) is -1.14. The fourth-order valence-corrected chi connectivity index (χ4v) is 5.68. The van der Waals surface area contributed by atoms with Gasteiger partial charge in [-0.1, -0.05) is 19.9 Å². The minimum absolute atomic E-state index is 0.145. The number of fused-ring (bicyclic) bond motifs is 4. The van der Waals surface area contributed by atoms with Crippen LogP contribution in [0.1, 0.15) is 50.8 Å². The van der Waals surface area contributed by atoms with Crippen molar-refractivity contribution in [2.75, 3.05) is 13.7 Å². The summed E-state index contributed by atoms with van der Waals surface area (Å²) in [6, 6.07) is 11.7. The van der Waals surface area contributed by atoms with Crippen LogP contribution >= 0.6 is 0 Å². The number of carboxylic acid groups (broad SMARTS) is 1. The Morgan fingerprint density at radius 3 is 2.36 bits per heavy atom. The van der Waals surface area contributed by atoms with Gasteiger partial charge in [-0.2, -0.15) is 0 Å². The number of carboxylic acids is 1. The van der Waals surface area contributed by atoms with E-state index in [4.69, 9.17) is 9.47 Å². The number of hydrogen-bond donors (Lipinski definition) is 2. The van der Waals surface area contributed by atoms with E-state index in [1.165, 1.54) is 19.2 Å². The molecule has 3 aromatic rings. The summed E-state index contributed by atoms with van der Waals surface area (Å²) in [5, 5.41) is 21.5. The zero-order valence-electron chi connectivity index (χ0n) is 19.0. The first kappa shape index (κ1) is 21.9. The number of hydrogen-bond acceptors (Lipinski definition) is 4. The van der Waals surface area contributed by atoms with E-state index in [1.807, 2.05) is 6.07 Å². The Labute approximate surface area is 191 Å². The molecule has 1 spiro atoms. The zero-order chi connectivity index (χ0) is 23.6. The van der Waals surface area contributed by atoms with E-state index in [1.54, 1.807) is 24.3 Å². The fraction of sp³-hybridized carbons (Fsp3) is 0.423. The van der Waals surface area contributed by atoms with E-state index in [9.17, 15) is 19.4 Å². The van der Waals surface area contributed by atoms with Gasteiger partial charge in [0, 0.05) is 34.9 Å². The number of phenolic OH excluding ortho intramolecular Hbond substituents is 1. The molecule has 2 aliphatic rings. The topological polar surface area (TPSA) is 80.9 Å². The minimum Gasteiger partial charge on any atom is -0.507 e. The lowest BCUT2D eigenvalue weighted by atomic mass is 9.68. The second-order valence-corrected chi connectivity index (χ2v) is 9.88. The molecule has 7 heteroatoms. The highest BCUT2D eigenvalue weighted by Gasteiger charge is 2.54. The van der Waals surface area contributed by atoms with Crippen LogP contribution in [-0.4, -0.2) is 40.1 Å². The van der Waals surface area contributed by atoms with Crippen molar-refractivity contribution in [3.8, 4) is 11.4 Å². The number of benzene rings is 2. The first-order valence-corrected chi connectivity index (χ1v) is 11.2. The smallest absolute Gasteiger partial charge is 0.335 e. The lowest BCUT2D eigenvalue weighted by molar-refractivity contribution is -0.182. The van der Waals surface area contributed by atoms with Gasteiger partial charge in [-0.3, -0.25) is 0 Å². The van der Waals surface area contributed by atoms with Gasteiger partial charge in [-0.15, -0.1) is 0 Å². The van der Waals surface area contributed by atoms with Gasteiger partial charge in [-0.05, 0) is 62.1 Å². The molecule has 2 N–H and O–H groups in total. The molecule has 1 aliphatic carbocycles. The number of aromatic nitrogens is 1. The molecule has 1 saturated carbocycles. The summed E-state index contributed by atoms with van der Waals surface area (Å²) in [7, 11) is 1.44. The molecule has 1 aromatic heterocycles. The molecule has 1 fully saturated rings. The number of halogens is 1. The third-order valence-corrected chi connectivity index (χ3v) is 7.51. The van der Waals surface area contributed by atoms with Crippen LogP contribution < -0.4 is 0 Å². The van der Waals surface area contributed by atoms with Crippen LogP contribution in [0.2, 0.25) is 0 Å². The second-order valence-electron chi connectivity index (χ2n) is 9.88. The van der Waals surface area contributed by atoms with Gasteiger partial charge in [0.05, 0.1) is 17.7 Å². The molecule has 5 rings (SSSR count). The molecule has 6 nitrogen and oxygen atoms in total. The first-order valence-electron chi connectivity index (χ1n) is 11.2. The van der Waals surface area contributed by atoms with Gasteiger partial charge >= 0.3 is 5.97 Å². The Morgan fingerprint density at radius 1 is 1.09 bits per heavy atom. The van der Waals surface area contributed by atoms with E-state index in [0.29, 0.717) is 37.7 Å². The lowest BCUT2D eigenvalue weighted by Gasteiger charge is -2.49. The molecule has 2 heterocycles. The third kappa shape index (κ3) is 3.09. The highest BCUT2D eigenvalue weighted by Crippen LogP contribution is 2.56. The molecule has 174 valence electrons. The number of rotatable bonds is 3. The molecule has 0 saturated heterocycles. The molecule has 33 heavy (non-hydrogen) atoms. The third-order valence-electron chi connectivity index (χ3n) is 7.51. The number of ether oxygens (including phenoxy) is 2. The van der Waals surface area contributed by atoms with E-state index in [-0.39, 0.29) is 11.6 Å². The number of phenols is 1. The van der Waals surface area contributed by atoms with Crippen LogP contribution in [0.15, 0.2) is 42.5 Å². The van der Waals surface area contributed by atoms with Crippen LogP contribution in [0.4, 0.5) is 4.39 Å². The Balaban J connectivity index is 1.79. The van der Waals surface area contributed by atoms with Gasteiger partial charge in [0.25, 0.3) is 0 Å². The van der Waals surface area contributed by atoms with Crippen molar-refractivity contribution in [1.29, 1.82) is 0 Å². The summed E-state index contributed by atoms with van der Waals surface area (Å²) in [6.07, 6.45) is 1.51. The van der Waals surface area contributed by atoms with Crippen molar-refractivity contribution in [1.82, 2.24) is 4.57 Å². The lowest BCUT2D eigenvalue weighted by Crippen LogP contribution is -2.52. The standard InChI is InChI=1S/C26H28FNO5/c1-24(2)15-33-25(11-13-26(32-3,14-12-25)23(30)31)21-20-18(5-4-6-19(20)29)28(22(21)24)17-9-7-16(27)8-10-17/h4-10,29H,11-15H2,1-3H3,(H,30,31). The van der Waals surface area contributed by atoms with Gasteiger partial charge in [-0.25, -0.2) is 9.18 Å². The molecule has 2 aromatic carbocycles. The summed E-state index contributed by atoms with van der Waals surface area (Å²) in [4.78, 5) is 12.0. The van der Waals surface area contributed by atoms with E-state index < -0.39 is 22.6 Å². The van der Waals surface area contributed by atoms with E-state index in [0.717, 1.165) is 22.5 Å². The minimum atomic E-state index is -1.24. The maximum Gasteiger partial charge on any atom is 0.335 e. The molecular weight excluding hydrogens is 425 g/mol. The van der Waals surface area contributed by atoms with E-state index >= 15 is 0 Å². The molecule has 0 radical (unpaired) electrons. The van der Waals surface area contributed by atoms with Crippen molar-refractivity contribution >= 4 is 16.9 Å². The molecule has 0 amide bonds. The Hall–Kier alpha value is -2.90. The summed E-state index contributed by atoms with van der Waals surface area (Å²) in [6.45, 7) is 4.62. The molecule has 0 bridgehead atoms. The van der Waals surface area contributed by atoms with Crippen molar-refractivity contribution < 1.29 is 28.9 Å².